The number of benzene rings is 1. The normalized spacial score (nSPS) is 11.6. The zero-order chi connectivity index (χ0) is 11.4. The molecule has 1 aromatic carbocycles. The average molecular weight is 206 g/mol. The van der Waals surface area contributed by atoms with E-state index >= 15 is 0 Å². The number of rotatable bonds is 2. The van der Waals surface area contributed by atoms with Crippen molar-refractivity contribution in [2.24, 2.45) is 5.92 Å². The van der Waals surface area contributed by atoms with E-state index < -0.39 is 17.6 Å². The van der Waals surface area contributed by atoms with Crippen LogP contribution in [-0.2, 0) is 4.79 Å². The molecule has 0 bridgehead atoms. The highest BCUT2D eigenvalue weighted by molar-refractivity contribution is 5.94. The van der Waals surface area contributed by atoms with Gasteiger partial charge in [0.15, 0.2) is 0 Å². The van der Waals surface area contributed by atoms with Gasteiger partial charge in [-0.15, -0.1) is 0 Å². The molecule has 1 N–H and O–H groups in total. The van der Waals surface area contributed by atoms with Gasteiger partial charge in [0.2, 0.25) is 5.91 Å². The van der Waals surface area contributed by atoms with E-state index in [2.05, 4.69) is 5.32 Å². The van der Waals surface area contributed by atoms with Crippen molar-refractivity contribution in [1.29, 1.82) is 5.26 Å². The van der Waals surface area contributed by atoms with Crippen molar-refractivity contribution >= 4 is 11.6 Å². The number of carbonyl (C=O) groups is 1. The largest absolute Gasteiger partial charge is 0.322 e. The fourth-order valence-electron chi connectivity index (χ4n) is 1.03. The highest BCUT2D eigenvalue weighted by Gasteiger charge is 2.13. The van der Waals surface area contributed by atoms with E-state index in [0.29, 0.717) is 0 Å². The molecular formula is C11H11FN2O. The van der Waals surface area contributed by atoms with Gasteiger partial charge in [0.05, 0.1) is 11.8 Å². The second-order valence-corrected chi connectivity index (χ2v) is 3.32. The van der Waals surface area contributed by atoms with Gasteiger partial charge in [0, 0.05) is 0 Å². The summed E-state index contributed by atoms with van der Waals surface area (Å²) in [6.45, 7) is 3.26. The van der Waals surface area contributed by atoms with Crippen molar-refractivity contribution in [1.82, 2.24) is 0 Å². The number of nitriles is 1. The summed E-state index contributed by atoms with van der Waals surface area (Å²) >= 11 is 0. The van der Waals surface area contributed by atoms with Crippen LogP contribution in [0.4, 0.5) is 10.1 Å². The Morgan fingerprint density at radius 3 is 2.87 bits per heavy atom. The van der Waals surface area contributed by atoms with Gasteiger partial charge in [-0.2, -0.15) is 5.26 Å². The molecule has 1 amide bonds. The van der Waals surface area contributed by atoms with Crippen LogP contribution < -0.4 is 5.32 Å². The molecule has 1 aromatic rings. The Bertz CT molecular complexity index is 423. The summed E-state index contributed by atoms with van der Waals surface area (Å²) in [5, 5.41) is 10.9. The molecule has 0 saturated heterocycles. The van der Waals surface area contributed by atoms with Gasteiger partial charge in [0.1, 0.15) is 11.7 Å². The van der Waals surface area contributed by atoms with Crippen molar-refractivity contribution in [3.8, 4) is 6.07 Å². The lowest BCUT2D eigenvalue weighted by Gasteiger charge is -2.07. The molecule has 78 valence electrons. The number of carbonyl (C=O) groups excluding carboxylic acids is 1. The number of hydrogen-bond acceptors (Lipinski definition) is 2. The number of amides is 1. The first-order valence-corrected chi connectivity index (χ1v) is 4.51. The van der Waals surface area contributed by atoms with Gasteiger partial charge >= 0.3 is 0 Å². The molecule has 0 spiro atoms. The van der Waals surface area contributed by atoms with Gasteiger partial charge in [-0.1, -0.05) is 6.07 Å². The summed E-state index contributed by atoms with van der Waals surface area (Å²) in [7, 11) is 0. The van der Waals surface area contributed by atoms with Crippen LogP contribution in [0.5, 0.6) is 0 Å². The lowest BCUT2D eigenvalue weighted by atomic mass is 10.1. The number of nitrogens with zero attached hydrogens (tertiary/aromatic N) is 1. The van der Waals surface area contributed by atoms with Crippen LogP contribution in [0.3, 0.4) is 0 Å². The highest BCUT2D eigenvalue weighted by atomic mass is 19.1. The zero-order valence-electron chi connectivity index (χ0n) is 8.54. The molecule has 15 heavy (non-hydrogen) atoms. The molecule has 0 saturated carbocycles. The summed E-state index contributed by atoms with van der Waals surface area (Å²) in [5.74, 6) is -1.79. The first kappa shape index (κ1) is 11.2. The van der Waals surface area contributed by atoms with Crippen LogP contribution in [0.2, 0.25) is 0 Å². The molecule has 1 unspecified atom stereocenters. The van der Waals surface area contributed by atoms with Gasteiger partial charge in [-0.25, -0.2) is 4.39 Å². The third-order valence-corrected chi connectivity index (χ3v) is 1.97. The number of anilines is 1. The maximum absolute atomic E-state index is 13.2. The Morgan fingerprint density at radius 2 is 2.27 bits per heavy atom. The van der Waals surface area contributed by atoms with E-state index in [9.17, 15) is 9.18 Å². The summed E-state index contributed by atoms with van der Waals surface area (Å²) in [5.41, 5.74) is 0.957. The third-order valence-electron chi connectivity index (χ3n) is 1.97. The number of aryl methyl sites for hydroxylation is 1. The second kappa shape index (κ2) is 4.56. The van der Waals surface area contributed by atoms with Crippen LogP contribution in [0.1, 0.15) is 12.5 Å². The van der Waals surface area contributed by atoms with E-state index in [0.717, 1.165) is 5.56 Å². The van der Waals surface area contributed by atoms with E-state index in [1.807, 2.05) is 0 Å². The molecule has 1 atom stereocenters. The fraction of sp³-hybridized carbons (Fsp3) is 0.273. The summed E-state index contributed by atoms with van der Waals surface area (Å²) in [6.07, 6.45) is 0. The average Bonchev–Trinajstić information content (AvgIpc) is 2.22. The number of hydrogen-bond donors (Lipinski definition) is 1. The molecule has 0 fully saturated rings. The van der Waals surface area contributed by atoms with Crippen molar-refractivity contribution in [3.05, 3.63) is 29.6 Å². The topological polar surface area (TPSA) is 52.9 Å². The van der Waals surface area contributed by atoms with Gasteiger partial charge in [0.25, 0.3) is 0 Å². The smallest absolute Gasteiger partial charge is 0.241 e. The summed E-state index contributed by atoms with van der Waals surface area (Å²) in [6, 6.07) is 6.20. The van der Waals surface area contributed by atoms with Gasteiger partial charge in [-0.3, -0.25) is 4.79 Å². The molecule has 1 rings (SSSR count). The molecular weight excluding hydrogens is 195 g/mol. The molecule has 0 aliphatic rings. The summed E-state index contributed by atoms with van der Waals surface area (Å²) in [4.78, 5) is 11.3. The molecule has 4 heteroatoms. The minimum Gasteiger partial charge on any atom is -0.322 e. The fourth-order valence-corrected chi connectivity index (χ4v) is 1.03. The van der Waals surface area contributed by atoms with Gasteiger partial charge < -0.3 is 5.32 Å². The Labute approximate surface area is 87.5 Å². The van der Waals surface area contributed by atoms with E-state index in [1.165, 1.54) is 19.1 Å². The number of nitrogens with one attached hydrogen (secondary N) is 1. The lowest BCUT2D eigenvalue weighted by Crippen LogP contribution is -2.19. The molecule has 0 radical (unpaired) electrons. The summed E-state index contributed by atoms with van der Waals surface area (Å²) < 4.78 is 13.2. The van der Waals surface area contributed by atoms with Crippen molar-refractivity contribution in [2.75, 3.05) is 5.32 Å². The first-order chi connectivity index (χ1) is 7.04. The van der Waals surface area contributed by atoms with Crippen LogP contribution in [0.15, 0.2) is 18.2 Å². The first-order valence-electron chi connectivity index (χ1n) is 4.51. The molecule has 3 nitrogen and oxygen atoms in total. The predicted molar refractivity (Wildman–Crippen MR) is 54.5 cm³/mol. The van der Waals surface area contributed by atoms with Crippen LogP contribution in [0, 0.1) is 30.0 Å². The third kappa shape index (κ3) is 2.78. The minimum atomic E-state index is -0.787. The molecule has 0 aliphatic heterocycles. The highest BCUT2D eigenvalue weighted by Crippen LogP contribution is 2.16. The SMILES string of the molecule is Cc1ccc(F)c(NC(=O)C(C)C#N)c1. The molecule has 0 aromatic heterocycles. The van der Waals surface area contributed by atoms with Crippen LogP contribution in [0.25, 0.3) is 0 Å². The Morgan fingerprint density at radius 1 is 1.60 bits per heavy atom. The van der Waals surface area contributed by atoms with Crippen LogP contribution >= 0.6 is 0 Å². The monoisotopic (exact) mass is 206 g/mol. The number of halogens is 1. The Kier molecular flexibility index (Phi) is 3.40. The van der Waals surface area contributed by atoms with Crippen molar-refractivity contribution in [2.45, 2.75) is 13.8 Å². The molecule has 0 heterocycles. The maximum Gasteiger partial charge on any atom is 0.241 e. The quantitative estimate of drug-likeness (QED) is 0.806. The van der Waals surface area contributed by atoms with E-state index in [4.69, 9.17) is 5.26 Å². The van der Waals surface area contributed by atoms with E-state index in [1.54, 1.807) is 19.1 Å². The van der Waals surface area contributed by atoms with Gasteiger partial charge in [-0.05, 0) is 31.5 Å². The molecule has 0 aliphatic carbocycles. The zero-order valence-corrected chi connectivity index (χ0v) is 8.54. The van der Waals surface area contributed by atoms with Crippen molar-refractivity contribution in [3.63, 3.8) is 0 Å². The minimum absolute atomic E-state index is 0.113. The second-order valence-electron chi connectivity index (χ2n) is 3.32. The van der Waals surface area contributed by atoms with E-state index in [-0.39, 0.29) is 5.69 Å². The lowest BCUT2D eigenvalue weighted by molar-refractivity contribution is -0.117. The van der Waals surface area contributed by atoms with Crippen molar-refractivity contribution < 1.29 is 9.18 Å². The Hall–Kier alpha value is -1.89. The predicted octanol–water partition coefficient (Wildman–Crippen LogP) is 2.23. The standard InChI is InChI=1S/C11H11FN2O/c1-7-3-4-9(12)10(5-7)14-11(15)8(2)6-13/h3-5,8H,1-2H3,(H,14,15). The maximum atomic E-state index is 13.2. The Balaban J connectivity index is 2.86. The van der Waals surface area contributed by atoms with Crippen LogP contribution in [-0.4, -0.2) is 5.91 Å².